The highest BCUT2D eigenvalue weighted by molar-refractivity contribution is 5.92. The molecule has 1 heterocycles. The number of benzene rings is 2. The molecule has 27 heavy (non-hydrogen) atoms. The zero-order chi connectivity index (χ0) is 19.2. The minimum absolute atomic E-state index is 0.0932. The third-order valence-electron chi connectivity index (χ3n) is 4.13. The Morgan fingerprint density at radius 3 is 2.48 bits per heavy atom. The van der Waals surface area contributed by atoms with Crippen LogP contribution < -0.4 is 10.6 Å². The second kappa shape index (κ2) is 8.40. The van der Waals surface area contributed by atoms with Gasteiger partial charge in [-0.2, -0.15) is 0 Å². The molecular formula is C21H21FN4O. The summed E-state index contributed by atoms with van der Waals surface area (Å²) in [5.41, 5.74) is 3.36. The maximum absolute atomic E-state index is 13.7. The van der Waals surface area contributed by atoms with Crippen LogP contribution in [0.4, 0.5) is 16.0 Å². The van der Waals surface area contributed by atoms with E-state index in [1.165, 1.54) is 6.07 Å². The monoisotopic (exact) mass is 364 g/mol. The zero-order valence-electron chi connectivity index (χ0n) is 15.3. The van der Waals surface area contributed by atoms with Crippen molar-refractivity contribution < 1.29 is 9.18 Å². The fourth-order valence-electron chi connectivity index (χ4n) is 2.72. The largest absolute Gasteiger partial charge is 0.347 e. The lowest BCUT2D eigenvalue weighted by molar-refractivity contribution is 0.0945. The average Bonchev–Trinajstić information content (AvgIpc) is 2.67. The van der Waals surface area contributed by atoms with Gasteiger partial charge >= 0.3 is 0 Å². The zero-order valence-corrected chi connectivity index (χ0v) is 15.3. The Morgan fingerprint density at radius 2 is 1.74 bits per heavy atom. The van der Waals surface area contributed by atoms with Crippen molar-refractivity contribution in [3.05, 3.63) is 82.9 Å². The summed E-state index contributed by atoms with van der Waals surface area (Å²) in [6, 6.07) is 15.8. The molecule has 1 amide bonds. The maximum atomic E-state index is 13.7. The van der Waals surface area contributed by atoms with Crippen LogP contribution in [0.3, 0.4) is 0 Å². The van der Waals surface area contributed by atoms with Gasteiger partial charge in [-0.1, -0.05) is 43.3 Å². The summed E-state index contributed by atoms with van der Waals surface area (Å²) in [5.74, 6) is -0.377. The Hall–Kier alpha value is -3.28. The maximum Gasteiger partial charge on any atom is 0.270 e. The molecule has 5 nitrogen and oxygen atoms in total. The standard InChI is InChI=1S/C21H21FN4O/c1-3-15-8-5-7-11-18(15)25-21-24-14(2)12-19(26-21)20(27)23-13-16-9-4-6-10-17(16)22/h4-12H,3,13H2,1-2H3,(H,23,27)(H,24,25,26). The Kier molecular flexibility index (Phi) is 5.76. The minimum Gasteiger partial charge on any atom is -0.347 e. The molecule has 0 saturated heterocycles. The molecule has 6 heteroatoms. The Morgan fingerprint density at radius 1 is 1.04 bits per heavy atom. The van der Waals surface area contributed by atoms with Crippen molar-refractivity contribution in [1.82, 2.24) is 15.3 Å². The molecule has 1 aromatic heterocycles. The van der Waals surface area contributed by atoms with Crippen LogP contribution >= 0.6 is 0 Å². The molecule has 0 unspecified atom stereocenters. The van der Waals surface area contributed by atoms with E-state index in [0.717, 1.165) is 17.7 Å². The molecule has 0 fully saturated rings. The molecule has 0 aliphatic heterocycles. The van der Waals surface area contributed by atoms with Crippen molar-refractivity contribution in [2.75, 3.05) is 5.32 Å². The summed E-state index contributed by atoms with van der Waals surface area (Å²) in [4.78, 5) is 21.1. The molecule has 0 aliphatic carbocycles. The smallest absolute Gasteiger partial charge is 0.270 e. The van der Waals surface area contributed by atoms with Crippen molar-refractivity contribution in [1.29, 1.82) is 0 Å². The second-order valence-electron chi connectivity index (χ2n) is 6.13. The van der Waals surface area contributed by atoms with Crippen LogP contribution in [0, 0.1) is 12.7 Å². The van der Waals surface area contributed by atoms with Gasteiger partial charge in [0.15, 0.2) is 0 Å². The predicted molar refractivity (Wildman–Crippen MR) is 103 cm³/mol. The highest BCUT2D eigenvalue weighted by Crippen LogP contribution is 2.19. The quantitative estimate of drug-likeness (QED) is 0.689. The molecule has 138 valence electrons. The summed E-state index contributed by atoms with van der Waals surface area (Å²) in [6.07, 6.45) is 0.866. The number of nitrogens with one attached hydrogen (secondary N) is 2. The number of hydrogen-bond donors (Lipinski definition) is 2. The fourth-order valence-corrected chi connectivity index (χ4v) is 2.72. The number of halogens is 1. The number of hydrogen-bond acceptors (Lipinski definition) is 4. The molecule has 0 aliphatic rings. The molecule has 0 bridgehead atoms. The first-order valence-corrected chi connectivity index (χ1v) is 8.79. The number of carbonyl (C=O) groups is 1. The summed E-state index contributed by atoms with van der Waals surface area (Å²) in [6.45, 7) is 3.96. The third-order valence-corrected chi connectivity index (χ3v) is 4.13. The van der Waals surface area contributed by atoms with E-state index >= 15 is 0 Å². The summed E-state index contributed by atoms with van der Waals surface area (Å²) in [5, 5.41) is 5.88. The molecule has 0 atom stereocenters. The van der Waals surface area contributed by atoms with Crippen molar-refractivity contribution >= 4 is 17.5 Å². The van der Waals surface area contributed by atoms with Crippen LogP contribution in [0.2, 0.25) is 0 Å². The number of amides is 1. The molecule has 2 N–H and O–H groups in total. The minimum atomic E-state index is -0.379. The van der Waals surface area contributed by atoms with Crippen LogP contribution in [0.25, 0.3) is 0 Å². The van der Waals surface area contributed by atoms with Crippen LogP contribution in [0.15, 0.2) is 54.6 Å². The Balaban J connectivity index is 1.76. The van der Waals surface area contributed by atoms with E-state index in [1.807, 2.05) is 24.3 Å². The van der Waals surface area contributed by atoms with Crippen molar-refractivity contribution in [3.8, 4) is 0 Å². The van der Waals surface area contributed by atoms with Gasteiger partial charge < -0.3 is 10.6 Å². The number of nitrogens with zero attached hydrogens (tertiary/aromatic N) is 2. The van der Waals surface area contributed by atoms with Gasteiger partial charge in [-0.15, -0.1) is 0 Å². The van der Waals surface area contributed by atoms with Crippen molar-refractivity contribution in [3.63, 3.8) is 0 Å². The first kappa shape index (κ1) is 18.5. The Labute approximate surface area is 157 Å². The molecule has 0 radical (unpaired) electrons. The molecule has 0 saturated carbocycles. The highest BCUT2D eigenvalue weighted by Gasteiger charge is 2.12. The predicted octanol–water partition coefficient (Wildman–Crippen LogP) is 4.16. The van der Waals surface area contributed by atoms with Gasteiger partial charge in [-0.05, 0) is 37.1 Å². The van der Waals surface area contributed by atoms with Crippen molar-refractivity contribution in [2.45, 2.75) is 26.8 Å². The van der Waals surface area contributed by atoms with E-state index in [4.69, 9.17) is 0 Å². The van der Waals surface area contributed by atoms with Crippen LogP contribution in [-0.4, -0.2) is 15.9 Å². The summed E-state index contributed by atoms with van der Waals surface area (Å²) >= 11 is 0. The number of aryl methyl sites for hydroxylation is 2. The van der Waals surface area contributed by atoms with Crippen LogP contribution in [0.1, 0.15) is 34.2 Å². The SMILES string of the molecule is CCc1ccccc1Nc1nc(C)cc(C(=O)NCc2ccccc2F)n1. The van der Waals surface area contributed by atoms with E-state index < -0.39 is 0 Å². The Bertz CT molecular complexity index is 958. The van der Waals surface area contributed by atoms with Gasteiger partial charge in [0.1, 0.15) is 11.5 Å². The first-order chi connectivity index (χ1) is 13.1. The van der Waals surface area contributed by atoms with Gasteiger partial charge in [0.05, 0.1) is 0 Å². The molecule has 0 spiro atoms. The molecular weight excluding hydrogens is 343 g/mol. The molecule has 3 rings (SSSR count). The number of carbonyl (C=O) groups excluding carboxylic acids is 1. The third kappa shape index (κ3) is 4.67. The van der Waals surface area contributed by atoms with E-state index in [1.54, 1.807) is 31.2 Å². The fraction of sp³-hybridized carbons (Fsp3) is 0.190. The summed E-state index contributed by atoms with van der Waals surface area (Å²) < 4.78 is 13.7. The lowest BCUT2D eigenvalue weighted by atomic mass is 10.1. The average molecular weight is 364 g/mol. The topological polar surface area (TPSA) is 66.9 Å². The van der Waals surface area contributed by atoms with Gasteiger partial charge in [-0.3, -0.25) is 4.79 Å². The van der Waals surface area contributed by atoms with Gasteiger partial charge in [0.2, 0.25) is 5.95 Å². The van der Waals surface area contributed by atoms with Crippen LogP contribution in [-0.2, 0) is 13.0 Å². The normalized spacial score (nSPS) is 10.5. The highest BCUT2D eigenvalue weighted by atomic mass is 19.1. The van der Waals surface area contributed by atoms with Gasteiger partial charge in [0, 0.05) is 23.5 Å². The second-order valence-corrected chi connectivity index (χ2v) is 6.13. The first-order valence-electron chi connectivity index (χ1n) is 8.79. The van der Waals surface area contributed by atoms with Gasteiger partial charge in [-0.25, -0.2) is 14.4 Å². The van der Waals surface area contributed by atoms with E-state index in [0.29, 0.717) is 17.2 Å². The van der Waals surface area contributed by atoms with Crippen molar-refractivity contribution in [2.24, 2.45) is 0 Å². The number of aromatic nitrogens is 2. The van der Waals surface area contributed by atoms with Crippen LogP contribution in [0.5, 0.6) is 0 Å². The van der Waals surface area contributed by atoms with E-state index in [2.05, 4.69) is 27.5 Å². The lowest BCUT2D eigenvalue weighted by Gasteiger charge is -2.11. The van der Waals surface area contributed by atoms with E-state index in [9.17, 15) is 9.18 Å². The van der Waals surface area contributed by atoms with Gasteiger partial charge in [0.25, 0.3) is 5.91 Å². The van der Waals surface area contributed by atoms with E-state index in [-0.39, 0.29) is 24.0 Å². The molecule has 3 aromatic rings. The lowest BCUT2D eigenvalue weighted by Crippen LogP contribution is -2.25. The number of rotatable bonds is 6. The number of anilines is 2. The number of para-hydroxylation sites is 1. The summed E-state index contributed by atoms with van der Waals surface area (Å²) in [7, 11) is 0. The molecule has 2 aromatic carbocycles.